The molecule has 45 heavy (non-hydrogen) atoms. The number of nitrogens with two attached hydrogens (primary N) is 1. The zero-order valence-corrected chi connectivity index (χ0v) is 25.4. The Labute approximate surface area is 260 Å². The summed E-state index contributed by atoms with van der Waals surface area (Å²) in [5.41, 5.74) is 2.17. The van der Waals surface area contributed by atoms with Gasteiger partial charge in [0.05, 0.1) is 24.3 Å². The summed E-state index contributed by atoms with van der Waals surface area (Å²) in [4.78, 5) is 25.6. The van der Waals surface area contributed by atoms with E-state index >= 15 is 0 Å². The van der Waals surface area contributed by atoms with Crippen LogP contribution in [0.2, 0.25) is 0 Å². The maximum atomic E-state index is 14.6. The largest absolute Gasteiger partial charge is 0.481 e. The van der Waals surface area contributed by atoms with Gasteiger partial charge in [-0.25, -0.2) is 9.53 Å². The number of hydrogen-bond donors (Lipinski definition) is 4. The van der Waals surface area contributed by atoms with Gasteiger partial charge in [-0.2, -0.15) is 12.7 Å². The Morgan fingerprint density at radius 2 is 1.47 bits per heavy atom. The second kappa shape index (κ2) is 14.0. The topological polar surface area (TPSA) is 163 Å². The molecule has 0 saturated carbocycles. The predicted molar refractivity (Wildman–Crippen MR) is 170 cm³/mol. The van der Waals surface area contributed by atoms with Crippen molar-refractivity contribution in [3.8, 4) is 22.3 Å². The number of nitrogens with zero attached hydrogens (tertiary/aromatic N) is 2. The lowest BCUT2D eigenvalue weighted by Crippen LogP contribution is -2.42. The van der Waals surface area contributed by atoms with E-state index in [0.717, 1.165) is 0 Å². The van der Waals surface area contributed by atoms with Crippen molar-refractivity contribution in [2.24, 2.45) is 5.14 Å². The second-order valence-corrected chi connectivity index (χ2v) is 12.1. The van der Waals surface area contributed by atoms with Gasteiger partial charge in [0, 0.05) is 29.3 Å². The van der Waals surface area contributed by atoms with Crippen LogP contribution in [0.3, 0.4) is 0 Å². The maximum Gasteiger partial charge on any atom is 0.305 e. The lowest BCUT2D eigenvalue weighted by Gasteiger charge is -2.23. The molecule has 3 aromatic carbocycles. The molecule has 0 spiro atoms. The molecule has 10 nitrogen and oxygen atoms in total. The van der Waals surface area contributed by atoms with Crippen LogP contribution >= 0.6 is 0 Å². The SMILES string of the molecule is CC(C)n1c(C=CC(O)CC(O)CC(=O)O)c(-c2ccc(F)cc2)c(-c2ccccc2)c1C(=O)N(c1ccccc1)S(N)(=O)=O. The Hall–Kier alpha value is -4.62. The van der Waals surface area contributed by atoms with Crippen LogP contribution in [0.1, 0.15) is 48.9 Å². The quantitative estimate of drug-likeness (QED) is 0.170. The molecule has 12 heteroatoms. The lowest BCUT2D eigenvalue weighted by atomic mass is 9.94. The van der Waals surface area contributed by atoms with Crippen molar-refractivity contribution in [2.45, 2.75) is 44.9 Å². The van der Waals surface area contributed by atoms with Crippen molar-refractivity contribution in [3.63, 3.8) is 0 Å². The van der Waals surface area contributed by atoms with Gasteiger partial charge in [-0.3, -0.25) is 9.59 Å². The molecule has 1 aromatic heterocycles. The molecule has 0 aliphatic heterocycles. The first-order valence-electron chi connectivity index (χ1n) is 14.1. The minimum Gasteiger partial charge on any atom is -0.481 e. The number of hydrogen-bond acceptors (Lipinski definition) is 6. The van der Waals surface area contributed by atoms with E-state index in [2.05, 4.69) is 0 Å². The first-order valence-corrected chi connectivity index (χ1v) is 15.6. The van der Waals surface area contributed by atoms with Crippen LogP contribution in [0.4, 0.5) is 10.1 Å². The molecule has 0 saturated heterocycles. The summed E-state index contributed by atoms with van der Waals surface area (Å²) in [6.07, 6.45) is -0.564. The lowest BCUT2D eigenvalue weighted by molar-refractivity contribution is -0.139. The number of amides is 1. The van der Waals surface area contributed by atoms with Gasteiger partial charge in [0.1, 0.15) is 11.5 Å². The molecule has 1 amide bonds. The number of benzene rings is 3. The van der Waals surface area contributed by atoms with Crippen molar-refractivity contribution < 1.29 is 37.7 Å². The summed E-state index contributed by atoms with van der Waals surface area (Å²) in [5.74, 6) is -2.67. The van der Waals surface area contributed by atoms with Crippen molar-refractivity contribution >= 4 is 33.8 Å². The number of aliphatic carboxylic acids is 1. The molecule has 0 bridgehead atoms. The number of carboxylic acid groups (broad SMARTS) is 1. The van der Waals surface area contributed by atoms with Crippen molar-refractivity contribution in [1.29, 1.82) is 0 Å². The summed E-state index contributed by atoms with van der Waals surface area (Å²) < 4.78 is 42.2. The van der Waals surface area contributed by atoms with E-state index in [4.69, 9.17) is 10.2 Å². The summed E-state index contributed by atoms with van der Waals surface area (Å²) in [5, 5.41) is 35.4. The van der Waals surface area contributed by atoms with Crippen LogP contribution in [0.5, 0.6) is 0 Å². The van der Waals surface area contributed by atoms with Crippen LogP contribution in [0.15, 0.2) is 91.0 Å². The van der Waals surface area contributed by atoms with Crippen LogP contribution < -0.4 is 9.44 Å². The van der Waals surface area contributed by atoms with E-state index in [1.165, 1.54) is 48.6 Å². The average Bonchev–Trinajstić information content (AvgIpc) is 3.32. The zero-order chi connectivity index (χ0) is 32.9. The second-order valence-electron chi connectivity index (χ2n) is 10.7. The van der Waals surface area contributed by atoms with Gasteiger partial charge < -0.3 is 19.9 Å². The normalized spacial score (nSPS) is 13.2. The van der Waals surface area contributed by atoms with Gasteiger partial charge in [-0.15, -0.1) is 0 Å². The summed E-state index contributed by atoms with van der Waals surface area (Å²) in [7, 11) is -4.64. The number of carboxylic acids is 1. The van der Waals surface area contributed by atoms with Crippen LogP contribution in [-0.2, 0) is 15.0 Å². The molecule has 0 aliphatic carbocycles. The first kappa shape index (κ1) is 33.3. The molecule has 4 rings (SSSR count). The molecule has 0 aliphatic rings. The highest BCUT2D eigenvalue weighted by Gasteiger charge is 2.36. The molecular formula is C33H34FN3O7S. The number of para-hydroxylation sites is 1. The van der Waals surface area contributed by atoms with Crippen LogP contribution in [-0.4, -0.2) is 52.4 Å². The van der Waals surface area contributed by atoms with E-state index in [0.29, 0.717) is 32.3 Å². The third kappa shape index (κ3) is 7.73. The van der Waals surface area contributed by atoms with E-state index in [1.807, 2.05) is 0 Å². The molecule has 1 heterocycles. The van der Waals surface area contributed by atoms with E-state index in [9.17, 15) is 32.6 Å². The molecule has 0 fully saturated rings. The van der Waals surface area contributed by atoms with Gasteiger partial charge in [-0.05, 0) is 55.3 Å². The molecule has 0 radical (unpaired) electrons. The van der Waals surface area contributed by atoms with Gasteiger partial charge in [0.15, 0.2) is 0 Å². The Morgan fingerprint density at radius 3 is 2.00 bits per heavy atom. The van der Waals surface area contributed by atoms with E-state index < -0.39 is 52.6 Å². The highest BCUT2D eigenvalue weighted by Crippen LogP contribution is 2.43. The summed E-state index contributed by atoms with van der Waals surface area (Å²) >= 11 is 0. The van der Waals surface area contributed by atoms with Crippen molar-refractivity contribution in [3.05, 3.63) is 108 Å². The third-order valence-electron chi connectivity index (χ3n) is 6.99. The predicted octanol–water partition coefficient (Wildman–Crippen LogP) is 4.99. The standard InChI is InChI=1S/C33H34FN3O7S/c1-21(2)36-28(18-17-26(38)19-27(39)20-29(40)41)30(23-13-15-24(34)16-14-23)31(22-9-5-3-6-10-22)32(36)33(42)37(45(35,43)44)25-11-7-4-8-12-25/h3-18,21,26-27,38-39H,19-20H2,1-2H3,(H,40,41)(H2,35,43,44). The highest BCUT2D eigenvalue weighted by atomic mass is 32.2. The Kier molecular flexibility index (Phi) is 10.3. The number of anilines is 1. The summed E-state index contributed by atoms with van der Waals surface area (Å²) in [6.45, 7) is 3.57. The molecule has 2 atom stereocenters. The fraction of sp³-hybridized carbons (Fsp3) is 0.212. The van der Waals surface area contributed by atoms with E-state index in [-0.39, 0.29) is 17.8 Å². The molecule has 2 unspecified atom stereocenters. The average molecular weight is 636 g/mol. The first-order chi connectivity index (χ1) is 21.3. The molecule has 236 valence electrons. The van der Waals surface area contributed by atoms with Crippen molar-refractivity contribution in [1.82, 2.24) is 4.57 Å². The highest BCUT2D eigenvalue weighted by molar-refractivity contribution is 7.91. The minimum absolute atomic E-state index is 0.0174. The number of carbonyl (C=O) groups excluding carboxylic acids is 1. The Bertz CT molecular complexity index is 1790. The third-order valence-corrected chi connectivity index (χ3v) is 7.87. The van der Waals surface area contributed by atoms with Crippen LogP contribution in [0, 0.1) is 5.82 Å². The monoisotopic (exact) mass is 635 g/mol. The number of aromatic nitrogens is 1. The fourth-order valence-electron chi connectivity index (χ4n) is 5.20. The minimum atomic E-state index is -4.64. The number of rotatable bonds is 12. The Morgan fingerprint density at radius 1 is 0.911 bits per heavy atom. The molecule has 4 aromatic rings. The van der Waals surface area contributed by atoms with Gasteiger partial charge >= 0.3 is 16.2 Å². The number of halogens is 1. The van der Waals surface area contributed by atoms with Gasteiger partial charge in [0.2, 0.25) is 0 Å². The van der Waals surface area contributed by atoms with Crippen molar-refractivity contribution in [2.75, 3.05) is 4.31 Å². The Balaban J connectivity index is 2.07. The molecule has 5 N–H and O–H groups in total. The number of aliphatic hydroxyl groups excluding tert-OH is 2. The fourth-order valence-corrected chi connectivity index (χ4v) is 5.93. The summed E-state index contributed by atoms with van der Waals surface area (Å²) in [6, 6.07) is 21.5. The molecular weight excluding hydrogens is 601 g/mol. The number of aliphatic hydroxyl groups is 2. The maximum absolute atomic E-state index is 14.6. The van der Waals surface area contributed by atoms with Crippen LogP contribution in [0.25, 0.3) is 28.3 Å². The number of carbonyl (C=O) groups is 2. The smallest absolute Gasteiger partial charge is 0.305 e. The zero-order valence-electron chi connectivity index (χ0n) is 24.6. The van der Waals surface area contributed by atoms with Gasteiger partial charge in [-0.1, -0.05) is 66.7 Å². The van der Waals surface area contributed by atoms with Gasteiger partial charge in [0.25, 0.3) is 5.91 Å². The van der Waals surface area contributed by atoms with E-state index in [1.54, 1.807) is 66.9 Å².